The van der Waals surface area contributed by atoms with E-state index in [4.69, 9.17) is 11.6 Å². The molecule has 1 aliphatic rings. The Morgan fingerprint density at radius 3 is 2.57 bits per heavy atom. The highest BCUT2D eigenvalue weighted by molar-refractivity contribution is 6.31. The lowest BCUT2D eigenvalue weighted by Crippen LogP contribution is -2.51. The van der Waals surface area contributed by atoms with Gasteiger partial charge >= 0.3 is 0 Å². The number of piperazine rings is 1. The van der Waals surface area contributed by atoms with E-state index in [9.17, 15) is 9.59 Å². The van der Waals surface area contributed by atoms with Crippen LogP contribution in [0, 0.1) is 0 Å². The maximum absolute atomic E-state index is 12.7. The number of hydrogen-bond acceptors (Lipinski definition) is 5. The molecule has 2 aromatic rings. The smallest absolute Gasteiger partial charge is 0.276 e. The summed E-state index contributed by atoms with van der Waals surface area (Å²) in [5.74, 6) is -0.131. The Morgan fingerprint density at radius 2 is 1.89 bits per heavy atom. The predicted octanol–water partition coefficient (Wildman–Crippen LogP) is 1.26. The van der Waals surface area contributed by atoms with E-state index < -0.39 is 0 Å². The molecular weight excluding hydrogens is 380 g/mol. The molecule has 28 heavy (non-hydrogen) atoms. The fourth-order valence-electron chi connectivity index (χ4n) is 3.12. The van der Waals surface area contributed by atoms with Gasteiger partial charge in [-0.15, -0.1) is 5.10 Å². The van der Waals surface area contributed by atoms with Gasteiger partial charge in [0, 0.05) is 37.2 Å². The zero-order chi connectivity index (χ0) is 20.1. The van der Waals surface area contributed by atoms with Crippen LogP contribution in [0.3, 0.4) is 0 Å². The first-order valence-electron chi connectivity index (χ1n) is 9.37. The molecule has 8 nitrogen and oxygen atoms in total. The van der Waals surface area contributed by atoms with Crippen molar-refractivity contribution in [2.24, 2.45) is 0 Å². The Labute approximate surface area is 169 Å². The normalized spacial score (nSPS) is 15.1. The summed E-state index contributed by atoms with van der Waals surface area (Å²) in [4.78, 5) is 28.4. The highest BCUT2D eigenvalue weighted by Crippen LogP contribution is 2.16. The first-order chi connectivity index (χ1) is 13.4. The number of benzene rings is 1. The number of carbonyl (C=O) groups is 2. The minimum Gasteiger partial charge on any atom is -0.353 e. The maximum Gasteiger partial charge on any atom is 0.276 e. The SMILES string of the molecule is CC(C)NC(=O)CN1CCN(C(=O)c2cn(Cc3ccccc3Cl)nn2)CC1. The van der Waals surface area contributed by atoms with Gasteiger partial charge < -0.3 is 10.2 Å². The topological polar surface area (TPSA) is 83.4 Å². The van der Waals surface area contributed by atoms with E-state index in [2.05, 4.69) is 20.5 Å². The van der Waals surface area contributed by atoms with Crippen molar-refractivity contribution >= 4 is 23.4 Å². The van der Waals surface area contributed by atoms with Gasteiger partial charge in [-0.05, 0) is 25.5 Å². The van der Waals surface area contributed by atoms with Crippen molar-refractivity contribution in [1.29, 1.82) is 0 Å². The minimum atomic E-state index is -0.142. The third kappa shape index (κ3) is 5.30. The molecule has 150 valence electrons. The van der Waals surface area contributed by atoms with Crippen LogP contribution in [0.15, 0.2) is 30.5 Å². The second kappa shape index (κ2) is 9.16. The molecule has 0 saturated carbocycles. The van der Waals surface area contributed by atoms with Crippen molar-refractivity contribution < 1.29 is 9.59 Å². The maximum atomic E-state index is 12.7. The van der Waals surface area contributed by atoms with Crippen LogP contribution in [0.25, 0.3) is 0 Å². The molecule has 1 aromatic carbocycles. The Bertz CT molecular complexity index is 829. The van der Waals surface area contributed by atoms with Crippen molar-refractivity contribution in [2.45, 2.75) is 26.4 Å². The lowest BCUT2D eigenvalue weighted by Gasteiger charge is -2.34. The van der Waals surface area contributed by atoms with Crippen molar-refractivity contribution in [2.75, 3.05) is 32.7 Å². The van der Waals surface area contributed by atoms with Crippen LogP contribution in [0.1, 0.15) is 29.9 Å². The average Bonchev–Trinajstić information content (AvgIpc) is 3.11. The van der Waals surface area contributed by atoms with Crippen LogP contribution < -0.4 is 5.32 Å². The predicted molar refractivity (Wildman–Crippen MR) is 106 cm³/mol. The number of halogens is 1. The molecule has 1 N–H and O–H groups in total. The number of amides is 2. The fourth-order valence-corrected chi connectivity index (χ4v) is 3.31. The Morgan fingerprint density at radius 1 is 1.18 bits per heavy atom. The quantitative estimate of drug-likeness (QED) is 0.783. The van der Waals surface area contributed by atoms with Gasteiger partial charge in [-0.3, -0.25) is 14.5 Å². The van der Waals surface area contributed by atoms with Gasteiger partial charge in [0.2, 0.25) is 5.91 Å². The summed E-state index contributed by atoms with van der Waals surface area (Å²) in [5, 5.41) is 11.6. The fraction of sp³-hybridized carbons (Fsp3) is 0.474. The van der Waals surface area contributed by atoms with Crippen LogP contribution in [0.2, 0.25) is 5.02 Å². The first-order valence-corrected chi connectivity index (χ1v) is 9.74. The average molecular weight is 405 g/mol. The molecule has 0 spiro atoms. The summed E-state index contributed by atoms with van der Waals surface area (Å²) >= 11 is 6.17. The van der Waals surface area contributed by atoms with E-state index in [1.807, 2.05) is 38.1 Å². The van der Waals surface area contributed by atoms with Crippen LogP contribution in [0.5, 0.6) is 0 Å². The van der Waals surface area contributed by atoms with Gasteiger partial charge in [-0.25, -0.2) is 4.68 Å². The van der Waals surface area contributed by atoms with E-state index in [0.717, 1.165) is 5.56 Å². The lowest BCUT2D eigenvalue weighted by atomic mass is 10.2. The molecule has 0 bridgehead atoms. The van der Waals surface area contributed by atoms with E-state index in [1.54, 1.807) is 15.8 Å². The summed E-state index contributed by atoms with van der Waals surface area (Å²) in [6.45, 7) is 7.13. The van der Waals surface area contributed by atoms with Crippen LogP contribution >= 0.6 is 11.6 Å². The van der Waals surface area contributed by atoms with E-state index in [1.165, 1.54) is 0 Å². The standard InChI is InChI=1S/C19H25ClN6O2/c1-14(2)21-18(27)13-24-7-9-25(10-8-24)19(28)17-12-26(23-22-17)11-15-5-3-4-6-16(15)20/h3-6,12,14H,7-11,13H2,1-2H3,(H,21,27). The molecule has 2 heterocycles. The summed E-state index contributed by atoms with van der Waals surface area (Å²) in [6, 6.07) is 7.64. The van der Waals surface area contributed by atoms with Gasteiger partial charge in [0.25, 0.3) is 5.91 Å². The largest absolute Gasteiger partial charge is 0.353 e. The molecule has 1 fully saturated rings. The number of nitrogens with zero attached hydrogens (tertiary/aromatic N) is 5. The third-order valence-corrected chi connectivity index (χ3v) is 4.89. The molecular formula is C19H25ClN6O2. The molecule has 2 amide bonds. The highest BCUT2D eigenvalue weighted by Gasteiger charge is 2.25. The van der Waals surface area contributed by atoms with Crippen molar-refractivity contribution in [3.8, 4) is 0 Å². The summed E-state index contributed by atoms with van der Waals surface area (Å²) < 4.78 is 1.61. The molecule has 0 radical (unpaired) electrons. The number of carbonyl (C=O) groups excluding carboxylic acids is 2. The zero-order valence-electron chi connectivity index (χ0n) is 16.1. The summed E-state index contributed by atoms with van der Waals surface area (Å²) in [6.07, 6.45) is 1.65. The molecule has 1 aromatic heterocycles. The van der Waals surface area contributed by atoms with Gasteiger partial charge in [-0.2, -0.15) is 0 Å². The molecule has 0 aliphatic carbocycles. The minimum absolute atomic E-state index is 0.0114. The van der Waals surface area contributed by atoms with Gasteiger partial charge in [0.1, 0.15) is 0 Å². The number of hydrogen-bond donors (Lipinski definition) is 1. The van der Waals surface area contributed by atoms with Crippen LogP contribution in [0.4, 0.5) is 0 Å². The second-order valence-corrected chi connectivity index (χ2v) is 7.59. The van der Waals surface area contributed by atoms with Gasteiger partial charge in [-0.1, -0.05) is 35.0 Å². The van der Waals surface area contributed by atoms with E-state index >= 15 is 0 Å². The van der Waals surface area contributed by atoms with Crippen molar-refractivity contribution in [1.82, 2.24) is 30.1 Å². The van der Waals surface area contributed by atoms with E-state index in [0.29, 0.717) is 50.0 Å². The molecule has 9 heteroatoms. The van der Waals surface area contributed by atoms with Crippen molar-refractivity contribution in [3.05, 3.63) is 46.7 Å². The molecule has 0 atom stereocenters. The summed E-state index contributed by atoms with van der Waals surface area (Å²) in [5.41, 5.74) is 1.24. The second-order valence-electron chi connectivity index (χ2n) is 7.18. The monoisotopic (exact) mass is 404 g/mol. The molecule has 1 aliphatic heterocycles. The van der Waals surface area contributed by atoms with Crippen LogP contribution in [-0.4, -0.2) is 75.4 Å². The first kappa shape index (κ1) is 20.3. The third-order valence-electron chi connectivity index (χ3n) is 4.52. The molecule has 0 unspecified atom stereocenters. The molecule has 1 saturated heterocycles. The van der Waals surface area contributed by atoms with Gasteiger partial charge in [0.15, 0.2) is 5.69 Å². The Hall–Kier alpha value is -2.45. The Balaban J connectivity index is 1.52. The van der Waals surface area contributed by atoms with Crippen LogP contribution in [-0.2, 0) is 11.3 Å². The lowest BCUT2D eigenvalue weighted by molar-refractivity contribution is -0.123. The Kier molecular flexibility index (Phi) is 6.64. The highest BCUT2D eigenvalue weighted by atomic mass is 35.5. The number of aromatic nitrogens is 3. The van der Waals surface area contributed by atoms with E-state index in [-0.39, 0.29) is 17.9 Å². The van der Waals surface area contributed by atoms with Gasteiger partial charge in [0.05, 0.1) is 19.3 Å². The van der Waals surface area contributed by atoms with Crippen molar-refractivity contribution in [3.63, 3.8) is 0 Å². The number of rotatable bonds is 6. The summed E-state index contributed by atoms with van der Waals surface area (Å²) in [7, 11) is 0. The zero-order valence-corrected chi connectivity index (χ0v) is 16.9. The number of nitrogens with one attached hydrogen (secondary N) is 1. The molecule has 3 rings (SSSR count).